The van der Waals surface area contributed by atoms with Gasteiger partial charge in [-0.3, -0.25) is 0 Å². The van der Waals surface area contributed by atoms with Crippen molar-refractivity contribution < 1.29 is 19.7 Å². The molecule has 1 aromatic rings. The number of carbonyl (C=O) groups excluding carboxylic acids is 1. The smallest absolute Gasteiger partial charge is 0.357 e. The Morgan fingerprint density at radius 1 is 1.59 bits per heavy atom. The first-order valence-corrected chi connectivity index (χ1v) is 5.21. The summed E-state index contributed by atoms with van der Waals surface area (Å²) < 4.78 is 4.55. The van der Waals surface area contributed by atoms with E-state index in [9.17, 15) is 15.0 Å². The number of pyridine rings is 1. The van der Waals surface area contributed by atoms with Gasteiger partial charge in [-0.1, -0.05) is 6.07 Å². The van der Waals surface area contributed by atoms with E-state index in [1.165, 1.54) is 19.4 Å². The zero-order valence-corrected chi connectivity index (χ0v) is 9.54. The van der Waals surface area contributed by atoms with Crippen molar-refractivity contribution in [3.63, 3.8) is 0 Å². The number of nitrogens with zero attached hydrogens (tertiary/aromatic N) is 1. The van der Waals surface area contributed by atoms with E-state index in [2.05, 4.69) is 9.72 Å². The second kappa shape index (κ2) is 6.29. The van der Waals surface area contributed by atoms with Crippen molar-refractivity contribution in [2.24, 2.45) is 5.73 Å². The molecule has 2 atom stereocenters. The van der Waals surface area contributed by atoms with Crippen LogP contribution >= 0.6 is 0 Å². The van der Waals surface area contributed by atoms with Gasteiger partial charge in [0.05, 0.1) is 13.2 Å². The summed E-state index contributed by atoms with van der Waals surface area (Å²) in [6, 6.07) is 3.09. The van der Waals surface area contributed by atoms with Crippen molar-refractivity contribution in [1.29, 1.82) is 0 Å². The molecule has 0 saturated heterocycles. The molecular weight excluding hydrogens is 224 g/mol. The number of hydrogen-bond donors (Lipinski definition) is 3. The molecule has 0 fully saturated rings. The Morgan fingerprint density at radius 2 is 2.29 bits per heavy atom. The molecule has 6 heteroatoms. The van der Waals surface area contributed by atoms with Gasteiger partial charge in [-0.05, 0) is 19.0 Å². The van der Waals surface area contributed by atoms with Gasteiger partial charge < -0.3 is 20.7 Å². The minimum absolute atomic E-state index is 0.00132. The minimum atomic E-state index is -1.21. The fraction of sp³-hybridized carbons (Fsp3) is 0.455. The van der Waals surface area contributed by atoms with Crippen LogP contribution in [0.1, 0.15) is 28.6 Å². The molecular formula is C11H16N2O4. The molecule has 1 rings (SSSR count). The highest BCUT2D eigenvalue weighted by atomic mass is 16.5. The van der Waals surface area contributed by atoms with E-state index in [0.29, 0.717) is 0 Å². The fourth-order valence-corrected chi connectivity index (χ4v) is 1.46. The highest BCUT2D eigenvalue weighted by Crippen LogP contribution is 2.21. The lowest BCUT2D eigenvalue weighted by molar-refractivity contribution is 0.0135. The molecule has 4 N–H and O–H groups in total. The Kier molecular flexibility index (Phi) is 5.02. The lowest BCUT2D eigenvalue weighted by Gasteiger charge is -2.18. The number of carbonyl (C=O) groups is 1. The number of esters is 1. The van der Waals surface area contributed by atoms with Crippen molar-refractivity contribution >= 4 is 5.97 Å². The Balaban J connectivity index is 3.00. The topological polar surface area (TPSA) is 106 Å². The third-order valence-corrected chi connectivity index (χ3v) is 2.36. The average molecular weight is 240 g/mol. The van der Waals surface area contributed by atoms with Crippen molar-refractivity contribution in [1.82, 2.24) is 4.98 Å². The van der Waals surface area contributed by atoms with E-state index in [4.69, 9.17) is 5.73 Å². The monoisotopic (exact) mass is 240 g/mol. The number of aliphatic hydroxyl groups excluding tert-OH is 2. The van der Waals surface area contributed by atoms with Crippen LogP contribution in [-0.4, -0.2) is 40.9 Å². The molecule has 2 unspecified atom stereocenters. The molecule has 0 spiro atoms. The number of hydrogen-bond acceptors (Lipinski definition) is 6. The molecule has 0 radical (unpaired) electrons. The maximum absolute atomic E-state index is 11.4. The minimum Gasteiger partial charge on any atom is -0.464 e. The lowest BCUT2D eigenvalue weighted by atomic mass is 10.0. The summed E-state index contributed by atoms with van der Waals surface area (Å²) in [7, 11) is 1.23. The van der Waals surface area contributed by atoms with Crippen LogP contribution in [0, 0.1) is 0 Å². The molecule has 0 aliphatic heterocycles. The van der Waals surface area contributed by atoms with Gasteiger partial charge in [0, 0.05) is 11.8 Å². The van der Waals surface area contributed by atoms with Gasteiger partial charge in [-0.15, -0.1) is 0 Å². The summed E-state index contributed by atoms with van der Waals surface area (Å²) in [5.74, 6) is -0.653. The molecule has 17 heavy (non-hydrogen) atoms. The normalized spacial score (nSPS) is 14.1. The molecule has 1 heterocycles. The van der Waals surface area contributed by atoms with Crippen LogP contribution in [0.25, 0.3) is 0 Å². The first-order valence-electron chi connectivity index (χ1n) is 5.21. The Hall–Kier alpha value is -1.50. The third kappa shape index (κ3) is 3.23. The first kappa shape index (κ1) is 13.6. The Morgan fingerprint density at radius 3 is 2.88 bits per heavy atom. The van der Waals surface area contributed by atoms with Crippen LogP contribution in [0.4, 0.5) is 0 Å². The van der Waals surface area contributed by atoms with Gasteiger partial charge in [-0.25, -0.2) is 9.78 Å². The number of nitrogens with two attached hydrogens (primary N) is 1. The highest BCUT2D eigenvalue weighted by Gasteiger charge is 2.24. The van der Waals surface area contributed by atoms with Crippen LogP contribution in [0.2, 0.25) is 0 Å². The van der Waals surface area contributed by atoms with E-state index in [0.717, 1.165) is 0 Å². The Labute approximate surface area is 99.0 Å². The fourth-order valence-electron chi connectivity index (χ4n) is 1.46. The van der Waals surface area contributed by atoms with Gasteiger partial charge in [0.1, 0.15) is 6.10 Å². The molecule has 0 aliphatic rings. The van der Waals surface area contributed by atoms with Gasteiger partial charge in [0.15, 0.2) is 5.69 Å². The molecule has 0 saturated carbocycles. The molecule has 0 aromatic carbocycles. The van der Waals surface area contributed by atoms with E-state index in [1.807, 2.05) is 0 Å². The lowest BCUT2D eigenvalue weighted by Crippen LogP contribution is -2.24. The molecule has 6 nitrogen and oxygen atoms in total. The van der Waals surface area contributed by atoms with Crippen LogP contribution in [0.15, 0.2) is 18.3 Å². The zero-order chi connectivity index (χ0) is 12.8. The van der Waals surface area contributed by atoms with Crippen molar-refractivity contribution in [3.05, 3.63) is 29.6 Å². The van der Waals surface area contributed by atoms with E-state index >= 15 is 0 Å². The summed E-state index contributed by atoms with van der Waals surface area (Å²) in [5.41, 5.74) is 5.53. The third-order valence-electron chi connectivity index (χ3n) is 2.36. The summed E-state index contributed by atoms with van der Waals surface area (Å²) in [6.07, 6.45) is -0.594. The van der Waals surface area contributed by atoms with E-state index in [-0.39, 0.29) is 24.2 Å². The second-order valence-corrected chi connectivity index (χ2v) is 3.52. The molecule has 94 valence electrons. The maximum Gasteiger partial charge on any atom is 0.357 e. The van der Waals surface area contributed by atoms with Gasteiger partial charge in [0.25, 0.3) is 0 Å². The number of aliphatic hydroxyl groups is 2. The standard InChI is InChI=1S/C11H16N2O4/c1-17-11(16)9-7(3-2-6-13-9)10(15)8(14)4-5-12/h2-3,6,8,10,14-15H,4-5,12H2,1H3. The van der Waals surface area contributed by atoms with Crippen molar-refractivity contribution in [3.8, 4) is 0 Å². The largest absolute Gasteiger partial charge is 0.464 e. The van der Waals surface area contributed by atoms with Crippen molar-refractivity contribution in [2.75, 3.05) is 13.7 Å². The van der Waals surface area contributed by atoms with Gasteiger partial charge >= 0.3 is 5.97 Å². The van der Waals surface area contributed by atoms with Crippen LogP contribution < -0.4 is 5.73 Å². The van der Waals surface area contributed by atoms with E-state index < -0.39 is 18.2 Å². The summed E-state index contributed by atoms with van der Waals surface area (Å²) in [5, 5.41) is 19.5. The summed E-state index contributed by atoms with van der Waals surface area (Å²) in [4.78, 5) is 15.3. The quantitative estimate of drug-likeness (QED) is 0.605. The zero-order valence-electron chi connectivity index (χ0n) is 9.54. The molecule has 0 bridgehead atoms. The maximum atomic E-state index is 11.4. The number of methoxy groups -OCH3 is 1. The molecule has 0 aliphatic carbocycles. The second-order valence-electron chi connectivity index (χ2n) is 3.52. The highest BCUT2D eigenvalue weighted by molar-refractivity contribution is 5.88. The van der Waals surface area contributed by atoms with E-state index in [1.54, 1.807) is 6.07 Å². The Bertz CT molecular complexity index is 383. The van der Waals surface area contributed by atoms with Crippen LogP contribution in [0.5, 0.6) is 0 Å². The molecule has 1 aromatic heterocycles. The first-order chi connectivity index (χ1) is 8.11. The number of aromatic nitrogens is 1. The number of rotatable bonds is 5. The summed E-state index contributed by atoms with van der Waals surface area (Å²) >= 11 is 0. The van der Waals surface area contributed by atoms with Gasteiger partial charge in [0.2, 0.25) is 0 Å². The predicted molar refractivity (Wildman–Crippen MR) is 60.2 cm³/mol. The van der Waals surface area contributed by atoms with Crippen LogP contribution in [-0.2, 0) is 4.74 Å². The van der Waals surface area contributed by atoms with Gasteiger partial charge in [-0.2, -0.15) is 0 Å². The SMILES string of the molecule is COC(=O)c1ncccc1C(O)C(O)CCN. The van der Waals surface area contributed by atoms with Crippen molar-refractivity contribution in [2.45, 2.75) is 18.6 Å². The number of ether oxygens (including phenoxy) is 1. The molecule has 0 amide bonds. The summed E-state index contributed by atoms with van der Waals surface area (Å²) in [6.45, 7) is 0.242. The predicted octanol–water partition coefficient (Wildman–Crippen LogP) is -0.389. The van der Waals surface area contributed by atoms with Crippen LogP contribution in [0.3, 0.4) is 0 Å². The average Bonchev–Trinajstić information content (AvgIpc) is 2.37.